The van der Waals surface area contributed by atoms with Crippen LogP contribution in [0.3, 0.4) is 0 Å². The molecule has 6 nitrogen and oxygen atoms in total. The number of amides is 1. The summed E-state index contributed by atoms with van der Waals surface area (Å²) in [4.78, 5) is 17.1. The van der Waals surface area contributed by atoms with Crippen LogP contribution in [0.15, 0.2) is 17.8 Å². The van der Waals surface area contributed by atoms with E-state index in [1.165, 1.54) is 24.6 Å². The first-order valence-electron chi connectivity index (χ1n) is 8.85. The molecule has 1 aliphatic carbocycles. The van der Waals surface area contributed by atoms with Gasteiger partial charge in [0.05, 0.1) is 5.25 Å². The Bertz CT molecular complexity index is 590. The number of piperazine rings is 1. The molecule has 0 radical (unpaired) electrons. The van der Waals surface area contributed by atoms with Crippen molar-refractivity contribution in [3.63, 3.8) is 0 Å². The molecule has 2 aliphatic rings. The van der Waals surface area contributed by atoms with E-state index in [9.17, 15) is 4.79 Å². The molecule has 1 amide bonds. The van der Waals surface area contributed by atoms with Gasteiger partial charge in [0.2, 0.25) is 5.91 Å². The first kappa shape index (κ1) is 17.5. The van der Waals surface area contributed by atoms with Gasteiger partial charge in [0.1, 0.15) is 5.82 Å². The van der Waals surface area contributed by atoms with Crippen LogP contribution >= 0.6 is 11.8 Å². The van der Waals surface area contributed by atoms with Crippen LogP contribution < -0.4 is 0 Å². The van der Waals surface area contributed by atoms with Crippen molar-refractivity contribution < 1.29 is 4.79 Å². The quantitative estimate of drug-likeness (QED) is 0.557. The fraction of sp³-hybridized carbons (Fsp3) is 0.706. The van der Waals surface area contributed by atoms with Crippen molar-refractivity contribution in [2.45, 2.75) is 49.6 Å². The molecular formula is C17H27N5OS. The van der Waals surface area contributed by atoms with E-state index in [1.807, 2.05) is 17.9 Å². The van der Waals surface area contributed by atoms with Crippen LogP contribution in [0.2, 0.25) is 0 Å². The Morgan fingerprint density at radius 2 is 2.04 bits per heavy atom. The minimum Gasteiger partial charge on any atom is -0.339 e. The Hall–Kier alpha value is -1.34. The lowest BCUT2D eigenvalue weighted by Gasteiger charge is -2.35. The third-order valence-electron chi connectivity index (χ3n) is 4.76. The summed E-state index contributed by atoms with van der Waals surface area (Å²) < 4.78 is 2.12. The summed E-state index contributed by atoms with van der Waals surface area (Å²) in [5.74, 6) is 1.80. The number of thioether (sulfide) groups is 1. The third kappa shape index (κ3) is 3.83. The molecule has 1 aromatic heterocycles. The van der Waals surface area contributed by atoms with Crippen molar-refractivity contribution >= 4 is 17.7 Å². The summed E-state index contributed by atoms with van der Waals surface area (Å²) in [7, 11) is 0. The largest absolute Gasteiger partial charge is 0.339 e. The lowest BCUT2D eigenvalue weighted by atomic mass is 10.3. The van der Waals surface area contributed by atoms with Gasteiger partial charge in [-0.2, -0.15) is 0 Å². The minimum absolute atomic E-state index is 0.141. The average molecular weight is 350 g/mol. The Balaban J connectivity index is 1.63. The Kier molecular flexibility index (Phi) is 5.61. The van der Waals surface area contributed by atoms with Gasteiger partial charge < -0.3 is 14.4 Å². The van der Waals surface area contributed by atoms with E-state index in [4.69, 9.17) is 0 Å². The van der Waals surface area contributed by atoms with Gasteiger partial charge in [0, 0.05) is 38.6 Å². The van der Waals surface area contributed by atoms with Crippen molar-refractivity contribution in [3.8, 4) is 0 Å². The molecule has 1 saturated carbocycles. The zero-order valence-electron chi connectivity index (χ0n) is 14.6. The lowest BCUT2D eigenvalue weighted by molar-refractivity contribution is -0.132. The van der Waals surface area contributed by atoms with Crippen molar-refractivity contribution in [2.24, 2.45) is 0 Å². The van der Waals surface area contributed by atoms with Crippen molar-refractivity contribution in [1.82, 2.24) is 24.6 Å². The van der Waals surface area contributed by atoms with Crippen LogP contribution in [0, 0.1) is 0 Å². The molecule has 0 N–H and O–H groups in total. The molecule has 1 aromatic rings. The van der Waals surface area contributed by atoms with E-state index in [1.54, 1.807) is 0 Å². The highest BCUT2D eigenvalue weighted by molar-refractivity contribution is 8.00. The van der Waals surface area contributed by atoms with Crippen LogP contribution in [-0.2, 0) is 11.3 Å². The van der Waals surface area contributed by atoms with Gasteiger partial charge in [0.15, 0.2) is 5.16 Å². The average Bonchev–Trinajstić information content (AvgIpc) is 3.38. The van der Waals surface area contributed by atoms with E-state index in [0.29, 0.717) is 12.5 Å². The molecule has 2 heterocycles. The number of rotatable bonds is 7. The molecule has 7 heteroatoms. The minimum atomic E-state index is -0.141. The maximum atomic E-state index is 12.7. The molecule has 2 fully saturated rings. The van der Waals surface area contributed by atoms with E-state index >= 15 is 0 Å². The Morgan fingerprint density at radius 1 is 1.33 bits per heavy atom. The zero-order chi connectivity index (χ0) is 17.1. The van der Waals surface area contributed by atoms with Gasteiger partial charge in [-0.3, -0.25) is 4.79 Å². The molecule has 1 atom stereocenters. The van der Waals surface area contributed by atoms with Crippen LogP contribution in [0.1, 0.15) is 38.4 Å². The molecule has 3 rings (SSSR count). The van der Waals surface area contributed by atoms with Crippen molar-refractivity contribution in [2.75, 3.05) is 32.7 Å². The molecule has 0 bridgehead atoms. The smallest absolute Gasteiger partial charge is 0.235 e. The van der Waals surface area contributed by atoms with Crippen molar-refractivity contribution in [3.05, 3.63) is 18.5 Å². The third-order valence-corrected chi connectivity index (χ3v) is 5.83. The second kappa shape index (κ2) is 7.70. The van der Waals surface area contributed by atoms with E-state index in [0.717, 1.165) is 43.7 Å². The van der Waals surface area contributed by atoms with Crippen LogP contribution in [0.5, 0.6) is 0 Å². The molecule has 1 unspecified atom stereocenters. The van der Waals surface area contributed by atoms with Gasteiger partial charge in [-0.15, -0.1) is 16.8 Å². The van der Waals surface area contributed by atoms with Gasteiger partial charge in [-0.05, 0) is 26.3 Å². The first-order valence-corrected chi connectivity index (χ1v) is 9.73. The number of likely N-dealkylation sites (N-methyl/N-ethyl adjacent to an activating group) is 1. The summed E-state index contributed by atoms with van der Waals surface area (Å²) in [6.45, 7) is 13.3. The lowest BCUT2D eigenvalue weighted by Crippen LogP contribution is -2.50. The van der Waals surface area contributed by atoms with E-state index < -0.39 is 0 Å². The molecule has 0 spiro atoms. The summed E-state index contributed by atoms with van der Waals surface area (Å²) in [6.07, 6.45) is 4.25. The van der Waals surface area contributed by atoms with Crippen LogP contribution in [0.25, 0.3) is 0 Å². The number of carbonyl (C=O) groups is 1. The summed E-state index contributed by atoms with van der Waals surface area (Å²) in [6, 6.07) is 0. The topological polar surface area (TPSA) is 54.3 Å². The molecular weight excluding hydrogens is 322 g/mol. The fourth-order valence-electron chi connectivity index (χ4n) is 3.08. The Morgan fingerprint density at radius 3 is 2.62 bits per heavy atom. The highest BCUT2D eigenvalue weighted by Crippen LogP contribution is 2.40. The van der Waals surface area contributed by atoms with Gasteiger partial charge in [-0.25, -0.2) is 0 Å². The van der Waals surface area contributed by atoms with Crippen LogP contribution in [-0.4, -0.2) is 68.4 Å². The molecule has 132 valence electrons. The predicted molar refractivity (Wildman–Crippen MR) is 96.2 cm³/mol. The summed E-state index contributed by atoms with van der Waals surface area (Å²) >= 11 is 1.52. The van der Waals surface area contributed by atoms with Gasteiger partial charge in [-0.1, -0.05) is 24.8 Å². The monoisotopic (exact) mass is 349 g/mol. The molecule has 0 aromatic carbocycles. The summed E-state index contributed by atoms with van der Waals surface area (Å²) in [5, 5.41) is 9.39. The maximum Gasteiger partial charge on any atom is 0.235 e. The molecule has 24 heavy (non-hydrogen) atoms. The van der Waals surface area contributed by atoms with Gasteiger partial charge in [0.25, 0.3) is 0 Å². The second-order valence-corrected chi connectivity index (χ2v) is 7.84. The molecule has 1 aliphatic heterocycles. The highest BCUT2D eigenvalue weighted by Gasteiger charge is 2.31. The normalized spacial score (nSPS) is 20.2. The number of aromatic nitrogens is 3. The maximum absolute atomic E-state index is 12.7. The zero-order valence-corrected chi connectivity index (χ0v) is 15.5. The number of hydrogen-bond donors (Lipinski definition) is 0. The second-order valence-electron chi connectivity index (χ2n) is 6.53. The van der Waals surface area contributed by atoms with Gasteiger partial charge >= 0.3 is 0 Å². The number of allylic oxidation sites excluding steroid dienone is 1. The van der Waals surface area contributed by atoms with Crippen molar-refractivity contribution in [1.29, 1.82) is 0 Å². The standard InChI is InChI=1S/C17H27N5OS/c1-4-8-22-15(14-6-7-14)18-19-17(22)24-13(3)16(23)21-11-9-20(5-2)10-12-21/h4,13-14H,1,5-12H2,2-3H3. The number of hydrogen-bond acceptors (Lipinski definition) is 5. The SMILES string of the molecule is C=CCn1c(SC(C)C(=O)N2CCN(CC)CC2)nnc1C1CC1. The first-order chi connectivity index (χ1) is 11.6. The number of nitrogens with zero attached hydrogens (tertiary/aromatic N) is 5. The predicted octanol–water partition coefficient (Wildman–Crippen LogP) is 1.99. The van der Waals surface area contributed by atoms with Crippen LogP contribution in [0.4, 0.5) is 0 Å². The molecule has 1 saturated heterocycles. The summed E-state index contributed by atoms with van der Waals surface area (Å²) in [5.41, 5.74) is 0. The number of carbonyl (C=O) groups excluding carboxylic acids is 1. The highest BCUT2D eigenvalue weighted by atomic mass is 32.2. The fourth-order valence-corrected chi connectivity index (χ4v) is 4.03. The van der Waals surface area contributed by atoms with E-state index in [2.05, 4.69) is 33.2 Å². The Labute approximate surface area is 148 Å². The van der Waals surface area contributed by atoms with E-state index in [-0.39, 0.29) is 11.2 Å².